The quantitative estimate of drug-likeness (QED) is 0.700. The number of nitrogens with zero attached hydrogens (tertiary/aromatic N) is 1. The van der Waals surface area contributed by atoms with Crippen LogP contribution in [0.5, 0.6) is 0 Å². The van der Waals surface area contributed by atoms with Crippen molar-refractivity contribution in [3.05, 3.63) is 94.5 Å². The van der Waals surface area contributed by atoms with Crippen LogP contribution >= 0.6 is 0 Å². The summed E-state index contributed by atoms with van der Waals surface area (Å²) in [6.45, 7) is 3.94. The average Bonchev–Trinajstić information content (AvgIpc) is 2.68. The molecule has 0 radical (unpaired) electrons. The zero-order valence-electron chi connectivity index (χ0n) is 15.6. The molecule has 0 aliphatic heterocycles. The lowest BCUT2D eigenvalue weighted by molar-refractivity contribution is 0.102. The van der Waals surface area contributed by atoms with E-state index in [2.05, 4.69) is 10.6 Å². The Morgan fingerprint density at radius 1 is 0.750 bits per heavy atom. The molecule has 5 nitrogen and oxygen atoms in total. The minimum atomic E-state index is -0.328. The molecule has 0 aliphatic rings. The minimum Gasteiger partial charge on any atom is -0.322 e. The molecule has 3 aromatic rings. The molecule has 0 atom stereocenters. The van der Waals surface area contributed by atoms with Gasteiger partial charge in [-0.25, -0.2) is 0 Å². The molecular weight excluding hydrogens is 350 g/mol. The van der Waals surface area contributed by atoms with Crippen LogP contribution in [0.2, 0.25) is 0 Å². The van der Waals surface area contributed by atoms with Crippen molar-refractivity contribution in [2.24, 2.45) is 0 Å². The lowest BCUT2D eigenvalue weighted by Gasteiger charge is -2.09. The fourth-order valence-electron chi connectivity index (χ4n) is 2.88. The average molecular weight is 369 g/mol. The fraction of sp³-hybridized carbons (Fsp3) is 0.0870. The van der Waals surface area contributed by atoms with Crippen molar-refractivity contribution in [1.29, 1.82) is 5.26 Å². The molecule has 0 spiro atoms. The lowest BCUT2D eigenvalue weighted by Crippen LogP contribution is -2.15. The maximum Gasteiger partial charge on any atom is 0.255 e. The van der Waals surface area contributed by atoms with Crippen molar-refractivity contribution in [1.82, 2.24) is 0 Å². The highest BCUT2D eigenvalue weighted by atomic mass is 16.2. The van der Waals surface area contributed by atoms with Crippen LogP contribution in [0, 0.1) is 25.2 Å². The summed E-state index contributed by atoms with van der Waals surface area (Å²) in [5.74, 6) is -0.608. The smallest absolute Gasteiger partial charge is 0.255 e. The molecule has 5 heteroatoms. The summed E-state index contributed by atoms with van der Waals surface area (Å²) in [7, 11) is 0. The second-order valence-electron chi connectivity index (χ2n) is 6.55. The van der Waals surface area contributed by atoms with E-state index >= 15 is 0 Å². The van der Waals surface area contributed by atoms with Gasteiger partial charge >= 0.3 is 0 Å². The van der Waals surface area contributed by atoms with Gasteiger partial charge in [0.05, 0.1) is 11.6 Å². The molecule has 0 aliphatic carbocycles. The van der Waals surface area contributed by atoms with E-state index in [9.17, 15) is 9.59 Å². The molecule has 0 aromatic heterocycles. The van der Waals surface area contributed by atoms with Crippen LogP contribution in [-0.2, 0) is 0 Å². The molecule has 0 bridgehead atoms. The first-order chi connectivity index (χ1) is 13.4. The van der Waals surface area contributed by atoms with Crippen LogP contribution in [0.1, 0.15) is 37.4 Å². The van der Waals surface area contributed by atoms with E-state index in [1.165, 1.54) is 0 Å². The van der Waals surface area contributed by atoms with Gasteiger partial charge in [-0.2, -0.15) is 5.26 Å². The largest absolute Gasteiger partial charge is 0.322 e. The zero-order valence-corrected chi connectivity index (χ0v) is 15.6. The van der Waals surface area contributed by atoms with Crippen LogP contribution in [0.15, 0.2) is 66.7 Å². The molecule has 3 aromatic carbocycles. The third-order valence-corrected chi connectivity index (χ3v) is 4.14. The number of hydrogen-bond acceptors (Lipinski definition) is 3. The highest BCUT2D eigenvalue weighted by Crippen LogP contribution is 2.16. The summed E-state index contributed by atoms with van der Waals surface area (Å²) in [6.07, 6.45) is 0. The van der Waals surface area contributed by atoms with Crippen molar-refractivity contribution in [3.8, 4) is 6.07 Å². The van der Waals surface area contributed by atoms with E-state index < -0.39 is 0 Å². The summed E-state index contributed by atoms with van der Waals surface area (Å²) in [4.78, 5) is 25.1. The number of nitriles is 1. The maximum absolute atomic E-state index is 12.6. The van der Waals surface area contributed by atoms with Crippen molar-refractivity contribution in [3.63, 3.8) is 0 Å². The molecule has 0 saturated carbocycles. The van der Waals surface area contributed by atoms with Gasteiger partial charge in [0.1, 0.15) is 0 Å². The van der Waals surface area contributed by atoms with Crippen molar-refractivity contribution >= 4 is 23.2 Å². The summed E-state index contributed by atoms with van der Waals surface area (Å²) < 4.78 is 0. The first-order valence-electron chi connectivity index (χ1n) is 8.76. The van der Waals surface area contributed by atoms with Crippen LogP contribution < -0.4 is 10.6 Å². The van der Waals surface area contributed by atoms with E-state index in [-0.39, 0.29) is 11.8 Å². The van der Waals surface area contributed by atoms with Crippen molar-refractivity contribution in [2.45, 2.75) is 13.8 Å². The van der Waals surface area contributed by atoms with E-state index in [0.29, 0.717) is 22.4 Å². The van der Waals surface area contributed by atoms with Gasteiger partial charge < -0.3 is 10.6 Å². The monoisotopic (exact) mass is 369 g/mol. The van der Waals surface area contributed by atoms with Gasteiger partial charge in [-0.15, -0.1) is 0 Å². The lowest BCUT2D eigenvalue weighted by atomic mass is 10.1. The molecule has 0 unspecified atom stereocenters. The molecule has 28 heavy (non-hydrogen) atoms. The van der Waals surface area contributed by atoms with Gasteiger partial charge in [-0.1, -0.05) is 12.1 Å². The first-order valence-corrected chi connectivity index (χ1v) is 8.76. The molecule has 0 fully saturated rings. The Kier molecular flexibility index (Phi) is 5.52. The van der Waals surface area contributed by atoms with Crippen LogP contribution in [0.25, 0.3) is 0 Å². The van der Waals surface area contributed by atoms with Gasteiger partial charge in [0.25, 0.3) is 11.8 Å². The second-order valence-corrected chi connectivity index (χ2v) is 6.55. The third kappa shape index (κ3) is 4.63. The van der Waals surface area contributed by atoms with E-state index in [1.54, 1.807) is 48.5 Å². The number of anilines is 2. The van der Waals surface area contributed by atoms with Crippen molar-refractivity contribution in [2.75, 3.05) is 10.6 Å². The Morgan fingerprint density at radius 2 is 1.29 bits per heavy atom. The number of aryl methyl sites for hydroxylation is 2. The molecule has 2 amide bonds. The summed E-state index contributed by atoms with van der Waals surface area (Å²) in [6, 6.07) is 21.0. The molecule has 138 valence electrons. The van der Waals surface area contributed by atoms with Crippen LogP contribution in [0.3, 0.4) is 0 Å². The SMILES string of the molecule is Cc1cc(C)cc(NC(=O)c2cccc(C(=O)Nc3ccc(C#N)cc3)c2)c1. The Balaban J connectivity index is 1.74. The van der Waals surface area contributed by atoms with Crippen LogP contribution in [0.4, 0.5) is 11.4 Å². The Morgan fingerprint density at radius 3 is 1.82 bits per heavy atom. The highest BCUT2D eigenvalue weighted by molar-refractivity contribution is 6.08. The minimum absolute atomic E-state index is 0.280. The van der Waals surface area contributed by atoms with Gasteiger partial charge in [-0.3, -0.25) is 9.59 Å². The number of rotatable bonds is 4. The predicted octanol–water partition coefficient (Wildman–Crippen LogP) is 4.68. The normalized spacial score (nSPS) is 10.0. The topological polar surface area (TPSA) is 82.0 Å². The van der Waals surface area contributed by atoms with E-state index in [1.807, 2.05) is 38.1 Å². The Labute approximate surface area is 163 Å². The number of carbonyl (C=O) groups excluding carboxylic acids is 2. The van der Waals surface area contributed by atoms with Gasteiger partial charge in [0, 0.05) is 22.5 Å². The molecular formula is C23H19N3O2. The maximum atomic E-state index is 12.6. The summed E-state index contributed by atoms with van der Waals surface area (Å²) in [5, 5.41) is 14.5. The third-order valence-electron chi connectivity index (χ3n) is 4.14. The molecule has 3 rings (SSSR count). The Hall–Kier alpha value is -3.91. The van der Waals surface area contributed by atoms with Crippen LogP contribution in [-0.4, -0.2) is 11.8 Å². The number of benzene rings is 3. The fourth-order valence-corrected chi connectivity index (χ4v) is 2.88. The number of carbonyl (C=O) groups is 2. The standard InChI is InChI=1S/C23H19N3O2/c1-15-10-16(2)12-21(11-15)26-23(28)19-5-3-4-18(13-19)22(27)25-20-8-6-17(14-24)7-9-20/h3-13H,1-2H3,(H,25,27)(H,26,28). The number of hydrogen-bond donors (Lipinski definition) is 2. The zero-order chi connectivity index (χ0) is 20.1. The molecule has 0 saturated heterocycles. The molecule has 0 heterocycles. The van der Waals surface area contributed by atoms with Gasteiger partial charge in [0.15, 0.2) is 0 Å². The Bertz CT molecular complexity index is 1060. The van der Waals surface area contributed by atoms with E-state index in [4.69, 9.17) is 5.26 Å². The van der Waals surface area contributed by atoms with Gasteiger partial charge in [-0.05, 0) is 79.6 Å². The highest BCUT2D eigenvalue weighted by Gasteiger charge is 2.11. The van der Waals surface area contributed by atoms with Crippen molar-refractivity contribution < 1.29 is 9.59 Å². The first kappa shape index (κ1) is 18.9. The second kappa shape index (κ2) is 8.19. The molecule has 2 N–H and O–H groups in total. The number of amides is 2. The van der Waals surface area contributed by atoms with Gasteiger partial charge in [0.2, 0.25) is 0 Å². The summed E-state index contributed by atoms with van der Waals surface area (Å²) in [5.41, 5.74) is 4.70. The summed E-state index contributed by atoms with van der Waals surface area (Å²) >= 11 is 0. The number of nitrogens with one attached hydrogen (secondary N) is 2. The predicted molar refractivity (Wildman–Crippen MR) is 109 cm³/mol. The van der Waals surface area contributed by atoms with E-state index in [0.717, 1.165) is 16.8 Å².